The number of hydrogen-bond acceptors (Lipinski definition) is 3. The Kier molecular flexibility index (Phi) is 3.43. The number of likely N-dealkylation sites (tertiary alicyclic amines) is 1. The average Bonchev–Trinajstić information content (AvgIpc) is 2.36. The van der Waals surface area contributed by atoms with Gasteiger partial charge >= 0.3 is 6.03 Å². The highest BCUT2D eigenvalue weighted by Gasteiger charge is 2.43. The third-order valence-corrected chi connectivity index (χ3v) is 4.36. The van der Waals surface area contributed by atoms with Crippen LogP contribution < -0.4 is 11.1 Å². The minimum absolute atomic E-state index is 0.0578. The highest BCUT2D eigenvalue weighted by atomic mass is 16.2. The molecule has 0 saturated carbocycles. The molecular weight excluding hydrogens is 244 g/mol. The van der Waals surface area contributed by atoms with E-state index in [2.05, 4.69) is 11.9 Å². The quantitative estimate of drug-likeness (QED) is 0.723. The molecule has 0 aromatic heterocycles. The Hall–Kier alpha value is -1.72. The van der Waals surface area contributed by atoms with Crippen LogP contribution in [0, 0.1) is 5.92 Å². The molecule has 0 aromatic rings. The van der Waals surface area contributed by atoms with E-state index in [1.165, 1.54) is 4.90 Å². The van der Waals surface area contributed by atoms with E-state index in [1.54, 1.807) is 11.9 Å². The zero-order valence-electron chi connectivity index (χ0n) is 11.6. The molecule has 2 aliphatic heterocycles. The number of rotatable bonds is 1. The van der Waals surface area contributed by atoms with Gasteiger partial charge in [-0.1, -0.05) is 6.58 Å². The Morgan fingerprint density at radius 2 is 2.26 bits per heavy atom. The molecule has 0 spiro atoms. The molecule has 106 valence electrons. The zero-order chi connectivity index (χ0) is 14.2. The normalized spacial score (nSPS) is 32.2. The molecule has 2 fully saturated rings. The van der Waals surface area contributed by atoms with Gasteiger partial charge in [0.1, 0.15) is 5.82 Å². The van der Waals surface area contributed by atoms with Crippen molar-refractivity contribution in [1.82, 2.24) is 15.1 Å². The summed E-state index contributed by atoms with van der Waals surface area (Å²) in [6, 6.07) is -0.383. The van der Waals surface area contributed by atoms with E-state index in [9.17, 15) is 9.59 Å². The van der Waals surface area contributed by atoms with Gasteiger partial charge in [-0.25, -0.2) is 4.79 Å². The molecule has 0 aliphatic carbocycles. The summed E-state index contributed by atoms with van der Waals surface area (Å²) < 4.78 is 0. The fraction of sp³-hybridized carbons (Fsp3) is 0.692. The van der Waals surface area contributed by atoms with Gasteiger partial charge in [0, 0.05) is 25.7 Å². The molecule has 19 heavy (non-hydrogen) atoms. The van der Waals surface area contributed by atoms with Crippen LogP contribution in [0.4, 0.5) is 4.79 Å². The Bertz CT molecular complexity index is 403. The van der Waals surface area contributed by atoms with Gasteiger partial charge in [0.2, 0.25) is 5.91 Å². The first kappa shape index (κ1) is 13.7. The maximum atomic E-state index is 12.0. The molecule has 2 rings (SSSR count). The van der Waals surface area contributed by atoms with Gasteiger partial charge in [0.15, 0.2) is 0 Å². The maximum absolute atomic E-state index is 12.0. The second-order valence-electron chi connectivity index (χ2n) is 5.74. The number of piperidine rings is 1. The molecule has 6 heteroatoms. The summed E-state index contributed by atoms with van der Waals surface area (Å²) in [7, 11) is 1.72. The van der Waals surface area contributed by atoms with E-state index >= 15 is 0 Å². The smallest absolute Gasteiger partial charge is 0.314 e. The largest absolute Gasteiger partial charge is 0.366 e. The molecule has 2 atom stereocenters. The van der Waals surface area contributed by atoms with Gasteiger partial charge in [-0.2, -0.15) is 0 Å². The van der Waals surface area contributed by atoms with Crippen LogP contribution in [0.15, 0.2) is 12.4 Å². The van der Waals surface area contributed by atoms with Crippen LogP contribution >= 0.6 is 0 Å². The first-order valence-electron chi connectivity index (χ1n) is 6.61. The number of hydrogen-bond donors (Lipinski definition) is 2. The second kappa shape index (κ2) is 4.75. The predicted molar refractivity (Wildman–Crippen MR) is 71.9 cm³/mol. The van der Waals surface area contributed by atoms with Crippen LogP contribution in [-0.4, -0.2) is 47.4 Å². The Morgan fingerprint density at radius 1 is 1.58 bits per heavy atom. The lowest BCUT2D eigenvalue weighted by Gasteiger charge is -2.48. The Morgan fingerprint density at radius 3 is 2.84 bits per heavy atom. The summed E-state index contributed by atoms with van der Waals surface area (Å²) in [5, 5.41) is 3.33. The highest BCUT2D eigenvalue weighted by molar-refractivity contribution is 5.80. The van der Waals surface area contributed by atoms with Crippen molar-refractivity contribution >= 4 is 11.9 Å². The summed E-state index contributed by atoms with van der Waals surface area (Å²) in [6.45, 7) is 7.21. The molecule has 3 N–H and O–H groups in total. The Labute approximate surface area is 113 Å². The molecule has 0 aromatic carbocycles. The van der Waals surface area contributed by atoms with Crippen molar-refractivity contribution in [2.75, 3.05) is 20.1 Å². The summed E-state index contributed by atoms with van der Waals surface area (Å²) >= 11 is 0. The second-order valence-corrected chi connectivity index (χ2v) is 5.74. The number of carbonyl (C=O) groups is 2. The van der Waals surface area contributed by atoms with Crippen molar-refractivity contribution in [3.05, 3.63) is 12.4 Å². The molecule has 0 bridgehead atoms. The maximum Gasteiger partial charge on any atom is 0.314 e. The minimum atomic E-state index is -0.383. The van der Waals surface area contributed by atoms with Crippen LogP contribution in [0.25, 0.3) is 0 Å². The van der Waals surface area contributed by atoms with Crippen molar-refractivity contribution < 1.29 is 9.59 Å². The molecule has 0 radical (unpaired) electrons. The molecule has 2 saturated heterocycles. The fourth-order valence-electron chi connectivity index (χ4n) is 2.98. The summed E-state index contributed by atoms with van der Waals surface area (Å²) in [6.07, 6.45) is 2.32. The summed E-state index contributed by atoms with van der Waals surface area (Å²) in [4.78, 5) is 26.5. The third kappa shape index (κ3) is 2.52. The zero-order valence-corrected chi connectivity index (χ0v) is 11.6. The number of nitrogens with zero attached hydrogens (tertiary/aromatic N) is 2. The predicted octanol–water partition coefficient (Wildman–Crippen LogP) is 0.459. The van der Waals surface area contributed by atoms with Crippen LogP contribution in [0.3, 0.4) is 0 Å². The minimum Gasteiger partial charge on any atom is -0.366 e. The highest BCUT2D eigenvalue weighted by Crippen LogP contribution is 2.33. The molecule has 2 heterocycles. The number of nitrogens with two attached hydrogens (primary N) is 1. The van der Waals surface area contributed by atoms with Gasteiger partial charge in [0.25, 0.3) is 0 Å². The van der Waals surface area contributed by atoms with Gasteiger partial charge in [-0.15, -0.1) is 0 Å². The number of primary amides is 1. The standard InChI is InChI=1S/C13H22N4O2/c1-9-15-13(2,7-11(18)16(9)3)10-5-4-6-17(8-10)12(14)19/h10,15H,1,4-8H2,2-3H3,(H2,14,19)/t10?,13-/m0/s1. The monoisotopic (exact) mass is 266 g/mol. The van der Waals surface area contributed by atoms with Crippen molar-refractivity contribution in [2.45, 2.75) is 31.7 Å². The molecule has 2 aliphatic rings. The van der Waals surface area contributed by atoms with E-state index in [0.717, 1.165) is 12.8 Å². The van der Waals surface area contributed by atoms with E-state index in [1.807, 2.05) is 6.92 Å². The number of urea groups is 1. The molecular formula is C13H22N4O2. The van der Waals surface area contributed by atoms with E-state index in [4.69, 9.17) is 5.73 Å². The SMILES string of the molecule is C=C1N[C@](C)(C2CCCN(C(N)=O)C2)CC(=O)N1C. The van der Waals surface area contributed by atoms with Crippen LogP contribution in [-0.2, 0) is 4.79 Å². The van der Waals surface area contributed by atoms with E-state index in [-0.39, 0.29) is 23.4 Å². The lowest BCUT2D eigenvalue weighted by Crippen LogP contribution is -2.61. The first-order chi connectivity index (χ1) is 8.83. The summed E-state index contributed by atoms with van der Waals surface area (Å²) in [5.41, 5.74) is 5.00. The fourth-order valence-corrected chi connectivity index (χ4v) is 2.98. The van der Waals surface area contributed by atoms with Gasteiger partial charge in [0.05, 0.1) is 6.42 Å². The molecule has 3 amide bonds. The third-order valence-electron chi connectivity index (χ3n) is 4.36. The van der Waals surface area contributed by atoms with Crippen molar-refractivity contribution in [3.8, 4) is 0 Å². The summed E-state index contributed by atoms with van der Waals surface area (Å²) in [5.74, 6) is 0.889. The number of amides is 3. The van der Waals surface area contributed by atoms with E-state index < -0.39 is 0 Å². The lowest BCUT2D eigenvalue weighted by atomic mass is 9.76. The van der Waals surface area contributed by atoms with Crippen LogP contribution in [0.2, 0.25) is 0 Å². The van der Waals surface area contributed by atoms with Gasteiger partial charge in [-0.3, -0.25) is 4.79 Å². The van der Waals surface area contributed by atoms with Crippen molar-refractivity contribution in [2.24, 2.45) is 11.7 Å². The number of carbonyl (C=O) groups excluding carboxylic acids is 2. The van der Waals surface area contributed by atoms with Crippen molar-refractivity contribution in [1.29, 1.82) is 0 Å². The average molecular weight is 266 g/mol. The molecule has 6 nitrogen and oxygen atoms in total. The first-order valence-corrected chi connectivity index (χ1v) is 6.61. The van der Waals surface area contributed by atoms with Gasteiger partial charge in [-0.05, 0) is 25.7 Å². The number of nitrogens with one attached hydrogen (secondary N) is 1. The van der Waals surface area contributed by atoms with E-state index in [0.29, 0.717) is 25.3 Å². The van der Waals surface area contributed by atoms with Crippen molar-refractivity contribution in [3.63, 3.8) is 0 Å². The molecule has 1 unspecified atom stereocenters. The lowest BCUT2D eigenvalue weighted by molar-refractivity contribution is -0.133. The Balaban J connectivity index is 2.13. The van der Waals surface area contributed by atoms with Crippen LogP contribution in [0.1, 0.15) is 26.2 Å². The van der Waals surface area contributed by atoms with Crippen LogP contribution in [0.5, 0.6) is 0 Å². The topological polar surface area (TPSA) is 78.7 Å². The van der Waals surface area contributed by atoms with Gasteiger partial charge < -0.3 is 20.9 Å².